The molecule has 76 valence electrons. The Bertz CT molecular complexity index is 426. The van der Waals surface area contributed by atoms with Crippen LogP contribution < -0.4 is 0 Å². The zero-order valence-corrected chi connectivity index (χ0v) is 9.30. The Labute approximate surface area is 93.3 Å². The van der Waals surface area contributed by atoms with Crippen molar-refractivity contribution in [3.05, 3.63) is 29.8 Å². The maximum Gasteiger partial charge on any atom is 0.183 e. The molecule has 1 saturated carbocycles. The lowest BCUT2D eigenvalue weighted by atomic mass is 9.96. The van der Waals surface area contributed by atoms with E-state index >= 15 is 0 Å². The molecule has 1 aliphatic rings. The minimum atomic E-state index is -0.694. The summed E-state index contributed by atoms with van der Waals surface area (Å²) in [5, 5.41) is 8.91. The molecule has 1 aromatic carbocycles. The van der Waals surface area contributed by atoms with Gasteiger partial charge in [0.25, 0.3) is 0 Å². The van der Waals surface area contributed by atoms with Gasteiger partial charge in [0.15, 0.2) is 5.78 Å². The molecule has 2 rings (SSSR count). The highest BCUT2D eigenvalue weighted by Crippen LogP contribution is 2.47. The van der Waals surface area contributed by atoms with Gasteiger partial charge < -0.3 is 0 Å². The van der Waals surface area contributed by atoms with Crippen molar-refractivity contribution in [3.63, 3.8) is 0 Å². The van der Waals surface area contributed by atoms with E-state index in [0.29, 0.717) is 18.4 Å². The molecule has 2 nitrogen and oxygen atoms in total. The first-order valence-electron chi connectivity index (χ1n) is 4.82. The number of thioether (sulfide) groups is 1. The number of carbonyl (C=O) groups is 1. The fourth-order valence-electron chi connectivity index (χ4n) is 1.53. The van der Waals surface area contributed by atoms with Crippen LogP contribution in [0.4, 0.5) is 0 Å². The van der Waals surface area contributed by atoms with Crippen molar-refractivity contribution in [2.75, 3.05) is 6.26 Å². The second-order valence-electron chi connectivity index (χ2n) is 3.75. The molecule has 0 N–H and O–H groups in total. The third-order valence-electron chi connectivity index (χ3n) is 2.75. The Balaban J connectivity index is 2.24. The Morgan fingerprint density at radius 3 is 2.40 bits per heavy atom. The Morgan fingerprint density at radius 2 is 2.00 bits per heavy atom. The number of carbonyl (C=O) groups excluding carboxylic acids is 1. The summed E-state index contributed by atoms with van der Waals surface area (Å²) in [6.07, 6.45) is 3.42. The molecular weight excluding hydrogens is 206 g/mol. The van der Waals surface area contributed by atoms with E-state index in [4.69, 9.17) is 5.26 Å². The molecule has 0 bridgehead atoms. The normalized spacial score (nSPS) is 16.8. The van der Waals surface area contributed by atoms with Crippen molar-refractivity contribution in [1.82, 2.24) is 0 Å². The van der Waals surface area contributed by atoms with Gasteiger partial charge in [0, 0.05) is 10.5 Å². The summed E-state index contributed by atoms with van der Waals surface area (Å²) in [5.74, 6) is -0.0161. The van der Waals surface area contributed by atoms with Crippen LogP contribution in [-0.2, 0) is 0 Å². The molecule has 1 aromatic rings. The second kappa shape index (κ2) is 3.71. The number of nitriles is 1. The number of hydrogen-bond acceptors (Lipinski definition) is 3. The minimum absolute atomic E-state index is 0.0161. The van der Waals surface area contributed by atoms with E-state index in [9.17, 15) is 4.79 Å². The Kier molecular flexibility index (Phi) is 2.54. The van der Waals surface area contributed by atoms with Crippen LogP contribution in [-0.4, -0.2) is 12.0 Å². The number of benzene rings is 1. The quantitative estimate of drug-likeness (QED) is 0.577. The molecule has 0 saturated heterocycles. The summed E-state index contributed by atoms with van der Waals surface area (Å²) < 4.78 is 0. The highest BCUT2D eigenvalue weighted by atomic mass is 32.2. The topological polar surface area (TPSA) is 40.9 Å². The fraction of sp³-hybridized carbons (Fsp3) is 0.333. The standard InChI is InChI=1S/C12H11NOS/c1-15-10-4-2-9(3-5-10)11(14)12(8-13)6-7-12/h2-5H,6-7H2,1H3. The molecule has 0 radical (unpaired) electrons. The molecule has 0 heterocycles. The summed E-state index contributed by atoms with van der Waals surface area (Å²) in [6.45, 7) is 0. The lowest BCUT2D eigenvalue weighted by Gasteiger charge is -2.05. The molecule has 0 unspecified atom stereocenters. The molecule has 1 fully saturated rings. The van der Waals surface area contributed by atoms with E-state index in [1.54, 1.807) is 11.8 Å². The van der Waals surface area contributed by atoms with Gasteiger partial charge in [0.05, 0.1) is 6.07 Å². The van der Waals surface area contributed by atoms with Gasteiger partial charge in [0.2, 0.25) is 0 Å². The van der Waals surface area contributed by atoms with Gasteiger partial charge in [-0.25, -0.2) is 0 Å². The Hall–Kier alpha value is -1.27. The predicted molar refractivity (Wildman–Crippen MR) is 59.8 cm³/mol. The van der Waals surface area contributed by atoms with Crippen molar-refractivity contribution in [3.8, 4) is 6.07 Å². The van der Waals surface area contributed by atoms with Crippen molar-refractivity contribution < 1.29 is 4.79 Å². The lowest BCUT2D eigenvalue weighted by Crippen LogP contribution is -2.13. The predicted octanol–water partition coefficient (Wildman–Crippen LogP) is 2.89. The van der Waals surface area contributed by atoms with Gasteiger partial charge >= 0.3 is 0 Å². The molecule has 15 heavy (non-hydrogen) atoms. The number of nitrogens with zero attached hydrogens (tertiary/aromatic N) is 1. The average molecular weight is 217 g/mol. The van der Waals surface area contributed by atoms with Gasteiger partial charge in [0.1, 0.15) is 5.41 Å². The molecule has 3 heteroatoms. The van der Waals surface area contributed by atoms with Crippen LogP contribution in [0.5, 0.6) is 0 Å². The van der Waals surface area contributed by atoms with Gasteiger partial charge in [-0.3, -0.25) is 4.79 Å². The van der Waals surface area contributed by atoms with Crippen molar-refractivity contribution >= 4 is 17.5 Å². The zero-order chi connectivity index (χ0) is 10.9. The van der Waals surface area contributed by atoms with E-state index in [1.165, 1.54) is 0 Å². The average Bonchev–Trinajstić information content (AvgIpc) is 3.09. The largest absolute Gasteiger partial charge is 0.292 e. The summed E-state index contributed by atoms with van der Waals surface area (Å²) in [5.41, 5.74) is -0.0345. The van der Waals surface area contributed by atoms with Crippen LogP contribution in [0.15, 0.2) is 29.2 Å². The third kappa shape index (κ3) is 1.78. The van der Waals surface area contributed by atoms with E-state index < -0.39 is 5.41 Å². The molecule has 0 aliphatic heterocycles. The number of ketones is 1. The van der Waals surface area contributed by atoms with Gasteiger partial charge in [-0.1, -0.05) is 12.1 Å². The molecule has 0 amide bonds. The van der Waals surface area contributed by atoms with E-state index in [-0.39, 0.29) is 5.78 Å². The molecule has 0 spiro atoms. The van der Waals surface area contributed by atoms with E-state index in [1.807, 2.05) is 30.5 Å². The first kappa shape index (κ1) is 10.3. The third-order valence-corrected chi connectivity index (χ3v) is 3.49. The van der Waals surface area contributed by atoms with Crippen LogP contribution >= 0.6 is 11.8 Å². The van der Waals surface area contributed by atoms with Gasteiger partial charge in [-0.05, 0) is 31.2 Å². The first-order valence-corrected chi connectivity index (χ1v) is 6.04. The molecular formula is C12H11NOS. The number of rotatable bonds is 3. The van der Waals surface area contributed by atoms with Crippen LogP contribution in [0.2, 0.25) is 0 Å². The smallest absolute Gasteiger partial charge is 0.183 e. The zero-order valence-electron chi connectivity index (χ0n) is 8.49. The van der Waals surface area contributed by atoms with Crippen molar-refractivity contribution in [2.45, 2.75) is 17.7 Å². The van der Waals surface area contributed by atoms with E-state index in [2.05, 4.69) is 6.07 Å². The summed E-state index contributed by atoms with van der Waals surface area (Å²) in [6, 6.07) is 9.59. The second-order valence-corrected chi connectivity index (χ2v) is 4.63. The van der Waals surface area contributed by atoms with Gasteiger partial charge in [-0.2, -0.15) is 5.26 Å². The van der Waals surface area contributed by atoms with E-state index in [0.717, 1.165) is 4.90 Å². The number of hydrogen-bond donors (Lipinski definition) is 0. The fourth-order valence-corrected chi connectivity index (χ4v) is 1.94. The number of Topliss-reactive ketones (excluding diaryl/α,β-unsaturated/α-hetero) is 1. The van der Waals surface area contributed by atoms with Crippen LogP contribution in [0.3, 0.4) is 0 Å². The van der Waals surface area contributed by atoms with Crippen molar-refractivity contribution in [1.29, 1.82) is 5.26 Å². The monoisotopic (exact) mass is 217 g/mol. The minimum Gasteiger partial charge on any atom is -0.292 e. The maximum absolute atomic E-state index is 11.9. The maximum atomic E-state index is 11.9. The van der Waals surface area contributed by atoms with Crippen molar-refractivity contribution in [2.24, 2.45) is 5.41 Å². The SMILES string of the molecule is CSc1ccc(C(=O)C2(C#N)CC2)cc1. The molecule has 1 aliphatic carbocycles. The lowest BCUT2D eigenvalue weighted by molar-refractivity contribution is 0.0934. The highest BCUT2D eigenvalue weighted by Gasteiger charge is 2.50. The van der Waals surface area contributed by atoms with Crippen LogP contribution in [0, 0.1) is 16.7 Å². The molecule has 0 aromatic heterocycles. The van der Waals surface area contributed by atoms with Crippen LogP contribution in [0.1, 0.15) is 23.2 Å². The highest BCUT2D eigenvalue weighted by molar-refractivity contribution is 7.98. The summed E-state index contributed by atoms with van der Waals surface area (Å²) >= 11 is 1.64. The molecule has 0 atom stereocenters. The van der Waals surface area contributed by atoms with Gasteiger partial charge in [-0.15, -0.1) is 11.8 Å². The summed E-state index contributed by atoms with van der Waals surface area (Å²) in [4.78, 5) is 13.1. The first-order chi connectivity index (χ1) is 7.22. The van der Waals surface area contributed by atoms with Crippen LogP contribution in [0.25, 0.3) is 0 Å². The summed E-state index contributed by atoms with van der Waals surface area (Å²) in [7, 11) is 0. The Morgan fingerprint density at radius 1 is 1.40 bits per heavy atom.